The lowest BCUT2D eigenvalue weighted by molar-refractivity contribution is -0.107. The van der Waals surface area contributed by atoms with Crippen molar-refractivity contribution in [2.75, 3.05) is 13.6 Å². The van der Waals surface area contributed by atoms with Crippen molar-refractivity contribution >= 4 is 36.6 Å². The molecule has 2 rings (SSSR count). The highest BCUT2D eigenvalue weighted by Crippen LogP contribution is 2.22. The first-order valence-corrected chi connectivity index (χ1v) is 7.87. The molecule has 1 heterocycles. The van der Waals surface area contributed by atoms with Crippen molar-refractivity contribution < 1.29 is 23.5 Å². The summed E-state index contributed by atoms with van der Waals surface area (Å²) in [5.41, 5.74) is 4.22. The number of hydrogen-bond donors (Lipinski definition) is 3. The second-order valence-electron chi connectivity index (χ2n) is 5.06. The average molecular weight is 338 g/mol. The zero-order valence-electron chi connectivity index (χ0n) is 12.7. The van der Waals surface area contributed by atoms with Crippen molar-refractivity contribution in [3.05, 3.63) is 36.1 Å². The number of aldehydes is 1. The number of carbonyl (C=O) groups excluding carboxylic acids is 1. The maximum absolute atomic E-state index is 10.3. The molecule has 7 nitrogen and oxygen atoms in total. The Morgan fingerprint density at radius 3 is 3.00 bits per heavy atom. The first kappa shape index (κ1) is 18.0. The second kappa shape index (κ2) is 9.07. The van der Waals surface area contributed by atoms with E-state index in [1.54, 1.807) is 17.6 Å². The van der Waals surface area contributed by atoms with Crippen LogP contribution in [0, 0.1) is 0 Å². The largest absolute Gasteiger partial charge is 0.472 e. The van der Waals surface area contributed by atoms with Crippen LogP contribution in [0.3, 0.4) is 0 Å². The third-order valence-corrected chi connectivity index (χ3v) is 3.89. The van der Waals surface area contributed by atoms with E-state index in [0.717, 1.165) is 35.0 Å². The van der Waals surface area contributed by atoms with E-state index in [2.05, 4.69) is 5.48 Å². The summed E-state index contributed by atoms with van der Waals surface area (Å²) in [6.45, 7) is 0.536. The molecule has 1 aromatic heterocycles. The summed E-state index contributed by atoms with van der Waals surface area (Å²) in [7, 11) is 0.175. The second-order valence-corrected chi connectivity index (χ2v) is 6.00. The molecule has 0 spiro atoms. The molecule has 1 unspecified atom stereocenters. The number of carbonyl (C=O) groups is 1. The van der Waals surface area contributed by atoms with Gasteiger partial charge in [-0.1, -0.05) is 18.2 Å². The van der Waals surface area contributed by atoms with Crippen LogP contribution in [0.1, 0.15) is 12.0 Å². The summed E-state index contributed by atoms with van der Waals surface area (Å²) in [5, 5.41) is 19.9. The minimum Gasteiger partial charge on any atom is -0.464 e. The molecule has 124 valence electrons. The van der Waals surface area contributed by atoms with Gasteiger partial charge in [-0.3, -0.25) is 0 Å². The smallest absolute Gasteiger partial charge is 0.464 e. The van der Waals surface area contributed by atoms with Crippen LogP contribution in [0.5, 0.6) is 0 Å². The number of hydrogen-bond acceptors (Lipinski definition) is 8. The number of rotatable bonds is 10. The van der Waals surface area contributed by atoms with Crippen molar-refractivity contribution in [3.8, 4) is 0 Å². The summed E-state index contributed by atoms with van der Waals surface area (Å²) in [6.07, 6.45) is 3.16. The summed E-state index contributed by atoms with van der Waals surface area (Å²) in [6, 6.07) is 7.54. The maximum Gasteiger partial charge on any atom is 0.472 e. The fourth-order valence-electron chi connectivity index (χ4n) is 2.05. The van der Waals surface area contributed by atoms with Gasteiger partial charge >= 0.3 is 7.12 Å². The predicted molar refractivity (Wildman–Crippen MR) is 89.0 cm³/mol. The molecular weight excluding hydrogens is 319 g/mol. The van der Waals surface area contributed by atoms with Gasteiger partial charge in [-0.15, -0.1) is 0 Å². The van der Waals surface area contributed by atoms with Crippen LogP contribution < -0.4 is 5.48 Å². The Balaban J connectivity index is 1.90. The van der Waals surface area contributed by atoms with Gasteiger partial charge in [-0.2, -0.15) is 5.48 Å². The minimum absolute atomic E-state index is 0.327. The number of furan rings is 1. The molecular formula is C14H19BN2O5S. The third kappa shape index (κ3) is 5.34. The molecule has 0 aliphatic rings. The van der Waals surface area contributed by atoms with Gasteiger partial charge in [0.25, 0.3) is 0 Å². The van der Waals surface area contributed by atoms with Gasteiger partial charge in [0, 0.05) is 18.4 Å². The van der Waals surface area contributed by atoms with E-state index in [-0.39, 0.29) is 0 Å². The van der Waals surface area contributed by atoms with E-state index in [1.165, 1.54) is 0 Å². The first-order chi connectivity index (χ1) is 11.1. The van der Waals surface area contributed by atoms with Crippen molar-refractivity contribution in [3.63, 3.8) is 0 Å². The van der Waals surface area contributed by atoms with Gasteiger partial charge in [-0.25, -0.2) is 8.59 Å². The van der Waals surface area contributed by atoms with Crippen LogP contribution in [0.2, 0.25) is 0 Å². The fraction of sp³-hybridized carbons (Fsp3) is 0.357. The number of fused-ring (bicyclic) bond motifs is 1. The van der Waals surface area contributed by atoms with Crippen LogP contribution in [-0.4, -0.2) is 47.3 Å². The summed E-state index contributed by atoms with van der Waals surface area (Å²) in [5.74, 6) is -0.719. The SMILES string of the molecule is CN(CCC=O)SONC(Cc1coc2ccccc12)B(O)O. The predicted octanol–water partition coefficient (Wildman–Crippen LogP) is 0.961. The summed E-state index contributed by atoms with van der Waals surface area (Å²) < 4.78 is 12.4. The quantitative estimate of drug-likeness (QED) is 0.194. The maximum atomic E-state index is 10.3. The summed E-state index contributed by atoms with van der Waals surface area (Å²) >= 11 is 0.996. The lowest BCUT2D eigenvalue weighted by atomic mass is 9.76. The van der Waals surface area contributed by atoms with Crippen molar-refractivity contribution in [1.29, 1.82) is 0 Å². The molecule has 0 radical (unpaired) electrons. The highest BCUT2D eigenvalue weighted by molar-refractivity contribution is 7.92. The fourth-order valence-corrected chi connectivity index (χ4v) is 2.53. The van der Waals surface area contributed by atoms with Gasteiger partial charge in [0.2, 0.25) is 0 Å². The van der Waals surface area contributed by atoms with Crippen molar-refractivity contribution in [2.45, 2.75) is 18.8 Å². The molecule has 1 atom stereocenters. The number of para-hydroxylation sites is 1. The Bertz CT molecular complexity index is 624. The minimum atomic E-state index is -1.59. The molecule has 1 aromatic carbocycles. The standard InChI is InChI=1S/C14H19BN2O5S/c1-17(7-4-8-18)23-22-16-14(15(19)20)9-11-10-21-13-6-3-2-5-12(11)13/h2-3,5-6,8,10,14,16,19-20H,4,7,9H2,1H3. The van der Waals surface area contributed by atoms with Crippen LogP contribution in [0.25, 0.3) is 11.0 Å². The molecule has 0 aliphatic heterocycles. The zero-order chi connectivity index (χ0) is 16.7. The topological polar surface area (TPSA) is 95.2 Å². The molecule has 0 bridgehead atoms. The molecule has 0 amide bonds. The Labute approximate surface area is 139 Å². The first-order valence-electron chi connectivity index (χ1n) is 7.17. The Hall–Kier alpha value is -1.36. The molecule has 23 heavy (non-hydrogen) atoms. The Morgan fingerprint density at radius 2 is 2.26 bits per heavy atom. The van der Waals surface area contributed by atoms with E-state index < -0.39 is 13.1 Å². The number of benzene rings is 1. The van der Waals surface area contributed by atoms with Gasteiger partial charge in [0.05, 0.1) is 12.2 Å². The van der Waals surface area contributed by atoms with Gasteiger partial charge < -0.3 is 19.3 Å². The zero-order valence-corrected chi connectivity index (χ0v) is 13.5. The average Bonchev–Trinajstić information content (AvgIpc) is 2.95. The number of hydroxylamine groups is 1. The molecule has 2 aromatic rings. The molecule has 0 saturated carbocycles. The Kier molecular flexibility index (Phi) is 7.09. The third-order valence-electron chi connectivity index (χ3n) is 3.29. The van der Waals surface area contributed by atoms with Crippen molar-refractivity contribution in [2.24, 2.45) is 0 Å². The van der Waals surface area contributed by atoms with Crippen LogP contribution >= 0.6 is 12.2 Å². The summed E-state index contributed by atoms with van der Waals surface area (Å²) in [4.78, 5) is 10.3. The van der Waals surface area contributed by atoms with Crippen LogP contribution in [-0.2, 0) is 15.5 Å². The van der Waals surface area contributed by atoms with E-state index in [4.69, 9.17) is 8.70 Å². The van der Waals surface area contributed by atoms with Crippen LogP contribution in [0.15, 0.2) is 34.9 Å². The molecule has 0 fully saturated rings. The van der Waals surface area contributed by atoms with E-state index in [0.29, 0.717) is 19.4 Å². The van der Waals surface area contributed by atoms with E-state index in [1.807, 2.05) is 24.3 Å². The monoisotopic (exact) mass is 338 g/mol. The normalized spacial score (nSPS) is 12.7. The van der Waals surface area contributed by atoms with Gasteiger partial charge in [-0.05, 0) is 25.1 Å². The number of nitrogens with one attached hydrogen (secondary N) is 1. The lowest BCUT2D eigenvalue weighted by Crippen LogP contribution is -2.44. The van der Waals surface area contributed by atoms with E-state index in [9.17, 15) is 14.8 Å². The van der Waals surface area contributed by atoms with Crippen molar-refractivity contribution in [1.82, 2.24) is 9.79 Å². The molecule has 9 heteroatoms. The highest BCUT2D eigenvalue weighted by Gasteiger charge is 2.25. The molecule has 3 N–H and O–H groups in total. The van der Waals surface area contributed by atoms with Gasteiger partial charge in [0.1, 0.15) is 24.1 Å². The van der Waals surface area contributed by atoms with E-state index >= 15 is 0 Å². The highest BCUT2D eigenvalue weighted by atomic mass is 32.2. The molecule has 0 saturated heterocycles. The number of nitrogens with zero attached hydrogens (tertiary/aromatic N) is 1. The lowest BCUT2D eigenvalue weighted by Gasteiger charge is -2.18. The van der Waals surface area contributed by atoms with Gasteiger partial charge in [0.15, 0.2) is 0 Å². The Morgan fingerprint density at radius 1 is 1.48 bits per heavy atom. The van der Waals surface area contributed by atoms with Crippen LogP contribution in [0.4, 0.5) is 0 Å². The molecule has 0 aliphatic carbocycles.